The molecule has 0 bridgehead atoms. The van der Waals surface area contributed by atoms with Crippen molar-refractivity contribution in [3.05, 3.63) is 34.4 Å². The van der Waals surface area contributed by atoms with E-state index in [1.807, 2.05) is 33.0 Å². The van der Waals surface area contributed by atoms with Crippen molar-refractivity contribution in [2.45, 2.75) is 51.6 Å². The summed E-state index contributed by atoms with van der Waals surface area (Å²) in [5.41, 5.74) is 3.05. The average molecular weight is 286 g/mol. The summed E-state index contributed by atoms with van der Waals surface area (Å²) in [4.78, 5) is 27.0. The Hall–Kier alpha value is -1.68. The molecule has 1 heterocycles. The predicted octanol–water partition coefficient (Wildman–Crippen LogP) is 2.43. The van der Waals surface area contributed by atoms with Crippen LogP contribution in [0.2, 0.25) is 0 Å². The molecule has 4 nitrogen and oxygen atoms in total. The number of imide groups is 1. The second-order valence-corrected chi connectivity index (χ2v) is 6.22. The van der Waals surface area contributed by atoms with Crippen LogP contribution in [0.4, 0.5) is 0 Å². The molecule has 2 amide bonds. The highest BCUT2D eigenvalue weighted by Crippen LogP contribution is 2.33. The normalized spacial score (nSPS) is 25.4. The highest BCUT2D eigenvalue weighted by Gasteiger charge is 2.42. The Bertz CT molecular complexity index is 560. The van der Waals surface area contributed by atoms with Gasteiger partial charge in [-0.15, -0.1) is 0 Å². The standard InChI is InChI=1S/C17H22N2O2/c1-10-4-5-11(2)15-14(10)16(20)19(17(15)21)13-8-6-12(18-3)7-9-13/h4-5,12-13,18H,6-9H2,1-3H3. The van der Waals surface area contributed by atoms with Gasteiger partial charge in [0, 0.05) is 12.1 Å². The van der Waals surface area contributed by atoms with Crippen molar-refractivity contribution in [2.75, 3.05) is 7.05 Å². The van der Waals surface area contributed by atoms with Gasteiger partial charge in [-0.1, -0.05) is 12.1 Å². The van der Waals surface area contributed by atoms with E-state index in [4.69, 9.17) is 0 Å². The fourth-order valence-corrected chi connectivity index (χ4v) is 3.65. The highest BCUT2D eigenvalue weighted by atomic mass is 16.2. The summed E-state index contributed by atoms with van der Waals surface area (Å²) in [6.45, 7) is 3.82. The fourth-order valence-electron chi connectivity index (χ4n) is 3.65. The van der Waals surface area contributed by atoms with Gasteiger partial charge in [0.05, 0.1) is 11.1 Å². The van der Waals surface area contributed by atoms with Crippen LogP contribution in [-0.2, 0) is 0 Å². The van der Waals surface area contributed by atoms with E-state index in [0.29, 0.717) is 17.2 Å². The van der Waals surface area contributed by atoms with E-state index >= 15 is 0 Å². The quantitative estimate of drug-likeness (QED) is 0.850. The molecule has 1 N–H and O–H groups in total. The van der Waals surface area contributed by atoms with Gasteiger partial charge in [-0.05, 0) is 57.7 Å². The third kappa shape index (κ3) is 2.18. The molecule has 1 fully saturated rings. The van der Waals surface area contributed by atoms with Crippen LogP contribution in [0.15, 0.2) is 12.1 Å². The molecular weight excluding hydrogens is 264 g/mol. The Morgan fingerprint density at radius 3 is 1.86 bits per heavy atom. The summed E-state index contributed by atoms with van der Waals surface area (Å²) >= 11 is 0. The lowest BCUT2D eigenvalue weighted by Gasteiger charge is -2.33. The second-order valence-electron chi connectivity index (χ2n) is 6.22. The number of hydrogen-bond donors (Lipinski definition) is 1. The first-order chi connectivity index (χ1) is 10.0. The minimum atomic E-state index is -0.0934. The monoisotopic (exact) mass is 286 g/mol. The van der Waals surface area contributed by atoms with Crippen molar-refractivity contribution in [1.29, 1.82) is 0 Å². The maximum atomic E-state index is 12.7. The Labute approximate surface area is 125 Å². The molecule has 0 saturated heterocycles. The van der Waals surface area contributed by atoms with Crippen LogP contribution in [0.3, 0.4) is 0 Å². The van der Waals surface area contributed by atoms with E-state index in [9.17, 15) is 9.59 Å². The zero-order valence-corrected chi connectivity index (χ0v) is 12.9. The highest BCUT2D eigenvalue weighted by molar-refractivity contribution is 6.22. The maximum Gasteiger partial charge on any atom is 0.262 e. The Morgan fingerprint density at radius 1 is 0.952 bits per heavy atom. The lowest BCUT2D eigenvalue weighted by molar-refractivity contribution is 0.0539. The lowest BCUT2D eigenvalue weighted by Crippen LogP contribution is -2.44. The summed E-state index contributed by atoms with van der Waals surface area (Å²) in [6, 6.07) is 4.43. The first-order valence-corrected chi connectivity index (χ1v) is 7.70. The predicted molar refractivity (Wildman–Crippen MR) is 81.5 cm³/mol. The van der Waals surface area contributed by atoms with Gasteiger partial charge in [0.2, 0.25) is 0 Å². The molecule has 4 heteroatoms. The van der Waals surface area contributed by atoms with E-state index < -0.39 is 0 Å². The molecule has 1 saturated carbocycles. The zero-order chi connectivity index (χ0) is 15.1. The van der Waals surface area contributed by atoms with Gasteiger partial charge < -0.3 is 5.32 Å². The van der Waals surface area contributed by atoms with Gasteiger partial charge >= 0.3 is 0 Å². The molecule has 2 aliphatic rings. The molecule has 0 spiro atoms. The molecule has 112 valence electrons. The van der Waals surface area contributed by atoms with Gasteiger partial charge in [0.15, 0.2) is 0 Å². The number of amides is 2. The number of hydrogen-bond acceptors (Lipinski definition) is 3. The fraction of sp³-hybridized carbons (Fsp3) is 0.529. The van der Waals surface area contributed by atoms with Crippen molar-refractivity contribution in [1.82, 2.24) is 10.2 Å². The molecule has 1 aliphatic heterocycles. The van der Waals surface area contributed by atoms with Gasteiger partial charge in [-0.2, -0.15) is 0 Å². The van der Waals surface area contributed by atoms with Crippen molar-refractivity contribution in [2.24, 2.45) is 0 Å². The molecule has 1 aliphatic carbocycles. The minimum Gasteiger partial charge on any atom is -0.317 e. The van der Waals surface area contributed by atoms with Crippen LogP contribution >= 0.6 is 0 Å². The SMILES string of the molecule is CNC1CCC(N2C(=O)c3c(C)ccc(C)c3C2=O)CC1. The molecule has 21 heavy (non-hydrogen) atoms. The second kappa shape index (κ2) is 5.26. The van der Waals surface area contributed by atoms with E-state index in [2.05, 4.69) is 5.32 Å². The topological polar surface area (TPSA) is 49.4 Å². The largest absolute Gasteiger partial charge is 0.317 e. The molecule has 3 rings (SSSR count). The molecule has 1 aromatic carbocycles. The maximum absolute atomic E-state index is 12.7. The van der Waals surface area contributed by atoms with E-state index in [1.54, 1.807) is 0 Å². The first kappa shape index (κ1) is 14.3. The van der Waals surface area contributed by atoms with Crippen LogP contribution < -0.4 is 5.32 Å². The van der Waals surface area contributed by atoms with Crippen molar-refractivity contribution in [3.63, 3.8) is 0 Å². The number of benzene rings is 1. The van der Waals surface area contributed by atoms with Crippen LogP contribution in [-0.4, -0.2) is 35.8 Å². The summed E-state index contributed by atoms with van der Waals surface area (Å²) in [7, 11) is 1.97. The lowest BCUT2D eigenvalue weighted by atomic mass is 9.90. The van der Waals surface area contributed by atoms with Crippen LogP contribution in [0.5, 0.6) is 0 Å². The number of aryl methyl sites for hydroxylation is 2. The zero-order valence-electron chi connectivity index (χ0n) is 12.9. The molecule has 0 unspecified atom stereocenters. The molecule has 0 radical (unpaired) electrons. The summed E-state index contributed by atoms with van der Waals surface area (Å²) in [5, 5.41) is 3.28. The average Bonchev–Trinajstić information content (AvgIpc) is 2.76. The smallest absolute Gasteiger partial charge is 0.262 e. The van der Waals surface area contributed by atoms with E-state index in [1.165, 1.54) is 4.90 Å². The van der Waals surface area contributed by atoms with E-state index in [0.717, 1.165) is 36.8 Å². The third-order valence-electron chi connectivity index (χ3n) is 4.96. The van der Waals surface area contributed by atoms with Crippen LogP contribution in [0, 0.1) is 13.8 Å². The number of nitrogens with zero attached hydrogens (tertiary/aromatic N) is 1. The Balaban J connectivity index is 1.91. The summed E-state index contributed by atoms with van der Waals surface area (Å²) in [5.74, 6) is -0.187. The van der Waals surface area contributed by atoms with Gasteiger partial charge in [-0.25, -0.2) is 0 Å². The number of fused-ring (bicyclic) bond motifs is 1. The van der Waals surface area contributed by atoms with Crippen molar-refractivity contribution >= 4 is 11.8 Å². The minimum absolute atomic E-state index is 0.0563. The van der Waals surface area contributed by atoms with Gasteiger partial charge in [0.1, 0.15) is 0 Å². The van der Waals surface area contributed by atoms with Crippen LogP contribution in [0.1, 0.15) is 57.5 Å². The first-order valence-electron chi connectivity index (χ1n) is 7.70. The Morgan fingerprint density at radius 2 is 1.43 bits per heavy atom. The van der Waals surface area contributed by atoms with Gasteiger partial charge in [-0.3, -0.25) is 14.5 Å². The van der Waals surface area contributed by atoms with Gasteiger partial charge in [0.25, 0.3) is 11.8 Å². The van der Waals surface area contributed by atoms with E-state index in [-0.39, 0.29) is 17.9 Å². The summed E-state index contributed by atoms with van der Waals surface area (Å²) in [6.07, 6.45) is 3.84. The van der Waals surface area contributed by atoms with Crippen molar-refractivity contribution in [3.8, 4) is 0 Å². The number of rotatable bonds is 2. The summed E-state index contributed by atoms with van der Waals surface area (Å²) < 4.78 is 0. The number of nitrogens with one attached hydrogen (secondary N) is 1. The third-order valence-corrected chi connectivity index (χ3v) is 4.96. The number of carbonyl (C=O) groups excluding carboxylic acids is 2. The Kier molecular flexibility index (Phi) is 3.57. The molecule has 0 aromatic heterocycles. The molecule has 1 aromatic rings. The molecule has 0 atom stereocenters. The molecular formula is C17H22N2O2. The number of carbonyl (C=O) groups is 2. The van der Waals surface area contributed by atoms with Crippen molar-refractivity contribution < 1.29 is 9.59 Å². The van der Waals surface area contributed by atoms with Crippen LogP contribution in [0.25, 0.3) is 0 Å².